The number of benzene rings is 2. The molecular weight excluding hydrogens is 432 g/mol. The lowest BCUT2D eigenvalue weighted by Crippen LogP contribution is -2.17. The number of aromatic nitrogens is 1. The van der Waals surface area contributed by atoms with Gasteiger partial charge in [-0.1, -0.05) is 0 Å². The number of nitrogens with zero attached hydrogens (tertiary/aromatic N) is 1. The molecule has 1 amide bonds. The summed E-state index contributed by atoms with van der Waals surface area (Å²) >= 11 is 4.86. The fourth-order valence-corrected chi connectivity index (χ4v) is 3.82. The van der Waals surface area contributed by atoms with Crippen LogP contribution in [0.1, 0.15) is 10.5 Å². The molecule has 3 aromatic rings. The van der Waals surface area contributed by atoms with Crippen molar-refractivity contribution in [3.8, 4) is 27.8 Å². The minimum Gasteiger partial charge on any atom is -0.497 e. The Labute approximate surface area is 168 Å². The van der Waals surface area contributed by atoms with Crippen molar-refractivity contribution < 1.29 is 19.0 Å². The Hall–Kier alpha value is -2.58. The lowest BCUT2D eigenvalue weighted by molar-refractivity contribution is 0.102. The minimum atomic E-state index is -0.289. The van der Waals surface area contributed by atoms with E-state index >= 15 is 0 Å². The van der Waals surface area contributed by atoms with Crippen LogP contribution in [0.25, 0.3) is 10.6 Å². The molecule has 6 nitrogen and oxygen atoms in total. The number of carbonyl (C=O) groups excluding carboxylic acids is 1. The van der Waals surface area contributed by atoms with E-state index in [0.29, 0.717) is 40.6 Å². The lowest BCUT2D eigenvalue weighted by atomic mass is 10.2. The number of rotatable bonds is 4. The molecule has 0 radical (unpaired) electrons. The molecule has 1 N–H and O–H groups in total. The van der Waals surface area contributed by atoms with Crippen LogP contribution < -0.4 is 19.5 Å². The third-order valence-electron chi connectivity index (χ3n) is 3.95. The predicted molar refractivity (Wildman–Crippen MR) is 107 cm³/mol. The van der Waals surface area contributed by atoms with Gasteiger partial charge in [0.25, 0.3) is 5.91 Å². The van der Waals surface area contributed by atoms with E-state index in [1.54, 1.807) is 24.6 Å². The van der Waals surface area contributed by atoms with E-state index in [-0.39, 0.29) is 5.91 Å². The number of carbonyl (C=O) groups is 1. The first-order chi connectivity index (χ1) is 13.1. The molecule has 0 unspecified atom stereocenters. The predicted octanol–water partition coefficient (Wildman–Crippen LogP) is 4.60. The standard InChI is InChI=1S/C19H15BrN2O4S/c1-24-12-4-2-11(3-5-12)19-22-15(10-27-19)18(23)21-14-9-17-16(8-13(14)20)25-6-7-26-17/h2-5,8-10H,6-7H2,1H3,(H,21,23). The minimum absolute atomic E-state index is 0.289. The Bertz CT molecular complexity index is 988. The van der Waals surface area contributed by atoms with E-state index in [2.05, 4.69) is 26.2 Å². The zero-order valence-electron chi connectivity index (χ0n) is 14.3. The summed E-state index contributed by atoms with van der Waals surface area (Å²) in [5, 5.41) is 5.37. The SMILES string of the molecule is COc1ccc(-c2nc(C(=O)Nc3cc4c(cc3Br)OCCO4)cs2)cc1. The Morgan fingerprint density at radius 3 is 2.59 bits per heavy atom. The molecule has 1 aromatic heterocycles. The van der Waals surface area contributed by atoms with Crippen molar-refractivity contribution in [2.75, 3.05) is 25.6 Å². The first kappa shape index (κ1) is 17.8. The summed E-state index contributed by atoms with van der Waals surface area (Å²) in [7, 11) is 1.62. The average molecular weight is 447 g/mol. The van der Waals surface area contributed by atoms with Crippen LogP contribution in [0.4, 0.5) is 5.69 Å². The molecule has 138 valence electrons. The third-order valence-corrected chi connectivity index (χ3v) is 5.50. The second-order valence-electron chi connectivity index (χ2n) is 5.70. The molecule has 0 saturated heterocycles. The van der Waals surface area contributed by atoms with Gasteiger partial charge in [-0.05, 0) is 40.2 Å². The van der Waals surface area contributed by atoms with Gasteiger partial charge in [-0.3, -0.25) is 4.79 Å². The first-order valence-electron chi connectivity index (χ1n) is 8.14. The molecule has 0 spiro atoms. The average Bonchev–Trinajstić information content (AvgIpc) is 3.19. The quantitative estimate of drug-likeness (QED) is 0.633. The van der Waals surface area contributed by atoms with Crippen LogP contribution in [0.5, 0.6) is 17.2 Å². The summed E-state index contributed by atoms with van der Waals surface area (Å²) in [5.74, 6) is 1.75. The molecule has 0 saturated carbocycles. The van der Waals surface area contributed by atoms with Crippen molar-refractivity contribution in [1.82, 2.24) is 4.98 Å². The normalized spacial score (nSPS) is 12.5. The number of hydrogen-bond donors (Lipinski definition) is 1. The van der Waals surface area contributed by atoms with Crippen molar-refractivity contribution in [1.29, 1.82) is 0 Å². The van der Waals surface area contributed by atoms with E-state index in [1.165, 1.54) is 11.3 Å². The lowest BCUT2D eigenvalue weighted by Gasteiger charge is -2.20. The number of halogens is 1. The van der Waals surface area contributed by atoms with Gasteiger partial charge in [0.1, 0.15) is 29.7 Å². The number of hydrogen-bond acceptors (Lipinski definition) is 6. The van der Waals surface area contributed by atoms with Gasteiger partial charge >= 0.3 is 0 Å². The van der Waals surface area contributed by atoms with Gasteiger partial charge in [0.15, 0.2) is 11.5 Å². The molecule has 2 heterocycles. The van der Waals surface area contributed by atoms with Gasteiger partial charge < -0.3 is 19.5 Å². The van der Waals surface area contributed by atoms with E-state index in [1.807, 2.05) is 24.3 Å². The number of thiazole rings is 1. The summed E-state index contributed by atoms with van der Waals surface area (Å²) in [4.78, 5) is 17.0. The molecule has 27 heavy (non-hydrogen) atoms. The van der Waals surface area contributed by atoms with Crippen LogP contribution >= 0.6 is 27.3 Å². The molecule has 2 aromatic carbocycles. The second kappa shape index (κ2) is 7.58. The summed E-state index contributed by atoms with van der Waals surface area (Å²) in [6, 6.07) is 11.1. The van der Waals surface area contributed by atoms with Crippen LogP contribution in [0.15, 0.2) is 46.3 Å². The largest absolute Gasteiger partial charge is 0.497 e. The van der Waals surface area contributed by atoms with Crippen molar-refractivity contribution in [2.45, 2.75) is 0 Å². The smallest absolute Gasteiger partial charge is 0.275 e. The summed E-state index contributed by atoms with van der Waals surface area (Å²) in [5.41, 5.74) is 1.89. The molecule has 0 atom stereocenters. The fourth-order valence-electron chi connectivity index (χ4n) is 2.59. The molecule has 1 aliphatic rings. The topological polar surface area (TPSA) is 69.7 Å². The van der Waals surface area contributed by atoms with Gasteiger partial charge in [-0.15, -0.1) is 11.3 Å². The zero-order valence-corrected chi connectivity index (χ0v) is 16.7. The molecule has 0 fully saturated rings. The third kappa shape index (κ3) is 3.77. The zero-order chi connectivity index (χ0) is 18.8. The van der Waals surface area contributed by atoms with E-state index in [9.17, 15) is 4.79 Å². The number of fused-ring (bicyclic) bond motifs is 1. The highest BCUT2D eigenvalue weighted by Gasteiger charge is 2.18. The molecule has 1 aliphatic heterocycles. The number of amides is 1. The van der Waals surface area contributed by atoms with Crippen molar-refractivity contribution in [3.05, 3.63) is 51.9 Å². The molecule has 0 aliphatic carbocycles. The van der Waals surface area contributed by atoms with E-state index < -0.39 is 0 Å². The van der Waals surface area contributed by atoms with Gasteiger partial charge in [-0.2, -0.15) is 0 Å². The maximum atomic E-state index is 12.6. The van der Waals surface area contributed by atoms with Crippen LogP contribution in [-0.4, -0.2) is 31.2 Å². The highest BCUT2D eigenvalue weighted by atomic mass is 79.9. The monoisotopic (exact) mass is 446 g/mol. The summed E-state index contributed by atoms with van der Waals surface area (Å²) in [6.07, 6.45) is 0. The van der Waals surface area contributed by atoms with Crippen LogP contribution in [0.2, 0.25) is 0 Å². The number of anilines is 1. The molecule has 0 bridgehead atoms. The van der Waals surface area contributed by atoms with Crippen molar-refractivity contribution in [3.63, 3.8) is 0 Å². The Kier molecular flexibility index (Phi) is 5.00. The highest BCUT2D eigenvalue weighted by molar-refractivity contribution is 9.10. The number of nitrogens with one attached hydrogen (secondary N) is 1. The van der Waals surface area contributed by atoms with E-state index in [0.717, 1.165) is 16.3 Å². The Balaban J connectivity index is 1.53. The van der Waals surface area contributed by atoms with Crippen molar-refractivity contribution in [2.24, 2.45) is 0 Å². The number of methoxy groups -OCH3 is 1. The van der Waals surface area contributed by atoms with Gasteiger partial charge in [0.05, 0.1) is 12.8 Å². The van der Waals surface area contributed by atoms with Gasteiger partial charge in [0.2, 0.25) is 0 Å². The summed E-state index contributed by atoms with van der Waals surface area (Å²) in [6.45, 7) is 0.997. The molecule has 8 heteroatoms. The van der Waals surface area contributed by atoms with Crippen LogP contribution in [-0.2, 0) is 0 Å². The van der Waals surface area contributed by atoms with Crippen LogP contribution in [0, 0.1) is 0 Å². The van der Waals surface area contributed by atoms with Crippen molar-refractivity contribution >= 4 is 38.9 Å². The Morgan fingerprint density at radius 2 is 1.89 bits per heavy atom. The van der Waals surface area contributed by atoms with Gasteiger partial charge in [0, 0.05) is 27.5 Å². The fraction of sp³-hybridized carbons (Fsp3) is 0.158. The maximum absolute atomic E-state index is 12.6. The first-order valence-corrected chi connectivity index (χ1v) is 9.82. The summed E-state index contributed by atoms with van der Waals surface area (Å²) < 4.78 is 17.0. The van der Waals surface area contributed by atoms with Crippen LogP contribution in [0.3, 0.4) is 0 Å². The number of ether oxygens (including phenoxy) is 3. The molecule has 4 rings (SSSR count). The maximum Gasteiger partial charge on any atom is 0.275 e. The molecular formula is C19H15BrN2O4S. The second-order valence-corrected chi connectivity index (χ2v) is 7.41. The van der Waals surface area contributed by atoms with Gasteiger partial charge in [-0.25, -0.2) is 4.98 Å². The highest BCUT2D eigenvalue weighted by Crippen LogP contribution is 2.38. The Morgan fingerprint density at radius 1 is 1.19 bits per heavy atom. The van der Waals surface area contributed by atoms with E-state index in [4.69, 9.17) is 14.2 Å².